The highest BCUT2D eigenvalue weighted by Crippen LogP contribution is 2.43. The molecular formula is C26H26Cl2N6O3S. The van der Waals surface area contributed by atoms with Gasteiger partial charge in [-0.25, -0.2) is 17.7 Å². The van der Waals surface area contributed by atoms with E-state index >= 15 is 0 Å². The number of pyridine rings is 2. The Morgan fingerprint density at radius 1 is 1.08 bits per heavy atom. The molecule has 0 amide bonds. The highest BCUT2D eigenvalue weighted by Gasteiger charge is 2.54. The minimum atomic E-state index is -3.11. The van der Waals surface area contributed by atoms with Gasteiger partial charge >= 0.3 is 0 Å². The molecule has 2 aliphatic heterocycles. The summed E-state index contributed by atoms with van der Waals surface area (Å²) in [6.07, 6.45) is 5.82. The van der Waals surface area contributed by atoms with Gasteiger partial charge in [0.2, 0.25) is 10.0 Å². The molecule has 38 heavy (non-hydrogen) atoms. The quantitative estimate of drug-likeness (QED) is 0.352. The summed E-state index contributed by atoms with van der Waals surface area (Å²) in [5.41, 5.74) is 4.33. The van der Waals surface area contributed by atoms with Crippen molar-refractivity contribution in [3.8, 4) is 17.0 Å². The van der Waals surface area contributed by atoms with Gasteiger partial charge in [-0.3, -0.25) is 10.1 Å². The van der Waals surface area contributed by atoms with Gasteiger partial charge in [-0.2, -0.15) is 5.10 Å². The number of aromatic nitrogens is 4. The van der Waals surface area contributed by atoms with Crippen molar-refractivity contribution in [3.05, 3.63) is 64.0 Å². The predicted octanol–water partition coefficient (Wildman–Crippen LogP) is 4.86. The van der Waals surface area contributed by atoms with Crippen molar-refractivity contribution in [2.24, 2.45) is 5.41 Å². The van der Waals surface area contributed by atoms with E-state index in [4.69, 9.17) is 32.9 Å². The second-order valence-electron chi connectivity index (χ2n) is 10.3. The van der Waals surface area contributed by atoms with Gasteiger partial charge in [0.1, 0.15) is 23.4 Å². The van der Waals surface area contributed by atoms with E-state index in [-0.39, 0.29) is 11.5 Å². The lowest BCUT2D eigenvalue weighted by Gasteiger charge is -2.59. The van der Waals surface area contributed by atoms with Gasteiger partial charge in [-0.15, -0.1) is 0 Å². The number of sulfonamides is 1. The number of aromatic amines is 1. The second-order valence-corrected chi connectivity index (χ2v) is 13.1. The third-order valence-electron chi connectivity index (χ3n) is 7.31. The first kappa shape index (κ1) is 25.4. The number of aryl methyl sites for hydroxylation is 1. The van der Waals surface area contributed by atoms with Gasteiger partial charge in [0.25, 0.3) is 0 Å². The number of benzene rings is 1. The van der Waals surface area contributed by atoms with Crippen molar-refractivity contribution in [1.29, 1.82) is 0 Å². The molecule has 12 heteroatoms. The van der Waals surface area contributed by atoms with E-state index < -0.39 is 10.0 Å². The largest absolute Gasteiger partial charge is 0.486 e. The SMILES string of the molecule is Cc1cc(-c2n[nH]c3ccc(O[C@H](C)c4c(Cl)cncc4Cl)cc23)cnc1N1CC2(C1)CN(S(C)(=O)=O)C2. The lowest BCUT2D eigenvalue weighted by atomic mass is 9.74. The molecule has 2 fully saturated rings. The maximum absolute atomic E-state index is 11.7. The van der Waals surface area contributed by atoms with Crippen LogP contribution in [-0.4, -0.2) is 65.3 Å². The zero-order valence-electron chi connectivity index (χ0n) is 21.1. The van der Waals surface area contributed by atoms with Crippen LogP contribution in [0.3, 0.4) is 0 Å². The Morgan fingerprint density at radius 2 is 1.79 bits per heavy atom. The molecule has 1 aromatic carbocycles. The van der Waals surface area contributed by atoms with E-state index in [0.717, 1.165) is 46.6 Å². The van der Waals surface area contributed by atoms with Crippen molar-refractivity contribution in [2.75, 3.05) is 37.3 Å². The van der Waals surface area contributed by atoms with Crippen LogP contribution < -0.4 is 9.64 Å². The first-order valence-electron chi connectivity index (χ1n) is 12.1. The standard InChI is InChI=1S/C26H26Cl2N6O3S/c1-15-6-17(8-30-25(15)33-11-26(12-33)13-34(14-26)38(3,35)36)24-19-7-18(4-5-22(19)31-32-24)37-16(2)23-20(27)9-29-10-21(23)28/h4-10,16H,11-14H2,1-3H3,(H,31,32)/t16-/m1/s1. The number of ether oxygens (including phenoxy) is 1. The molecule has 1 spiro atoms. The van der Waals surface area contributed by atoms with Crippen LogP contribution in [0.25, 0.3) is 22.2 Å². The average Bonchev–Trinajstić information content (AvgIpc) is 3.20. The van der Waals surface area contributed by atoms with Gasteiger partial charge in [0, 0.05) is 66.7 Å². The molecule has 2 aliphatic rings. The Labute approximate surface area is 230 Å². The molecule has 1 atom stereocenters. The topological polar surface area (TPSA) is 104 Å². The number of fused-ring (bicyclic) bond motifs is 1. The molecule has 0 radical (unpaired) electrons. The Kier molecular flexibility index (Phi) is 6.06. The third-order valence-corrected chi connectivity index (χ3v) is 9.11. The first-order chi connectivity index (χ1) is 18.0. The van der Waals surface area contributed by atoms with E-state index in [0.29, 0.717) is 34.4 Å². The number of anilines is 1. The third kappa shape index (κ3) is 4.39. The van der Waals surface area contributed by atoms with Crippen LogP contribution in [0.15, 0.2) is 42.9 Å². The molecule has 3 aromatic heterocycles. The lowest BCUT2D eigenvalue weighted by molar-refractivity contribution is 0.0394. The maximum Gasteiger partial charge on any atom is 0.211 e. The summed E-state index contributed by atoms with van der Waals surface area (Å²) in [6, 6.07) is 7.83. The van der Waals surface area contributed by atoms with Crippen LogP contribution in [0.4, 0.5) is 5.82 Å². The molecule has 9 nitrogen and oxygen atoms in total. The first-order valence-corrected chi connectivity index (χ1v) is 14.7. The number of halogens is 2. The molecule has 0 aliphatic carbocycles. The molecular weight excluding hydrogens is 547 g/mol. The molecule has 2 saturated heterocycles. The van der Waals surface area contributed by atoms with Crippen LogP contribution in [0.2, 0.25) is 10.0 Å². The van der Waals surface area contributed by atoms with Gasteiger partial charge in [0.05, 0.1) is 21.8 Å². The Morgan fingerprint density at radius 3 is 2.45 bits per heavy atom. The predicted molar refractivity (Wildman–Crippen MR) is 148 cm³/mol. The molecule has 1 N–H and O–H groups in total. The minimum absolute atomic E-state index is 0.0481. The van der Waals surface area contributed by atoms with Crippen molar-refractivity contribution >= 4 is 49.9 Å². The van der Waals surface area contributed by atoms with Crippen molar-refractivity contribution in [2.45, 2.75) is 20.0 Å². The Balaban J connectivity index is 1.21. The zero-order valence-corrected chi connectivity index (χ0v) is 23.4. The average molecular weight is 574 g/mol. The zero-order chi connectivity index (χ0) is 26.8. The van der Waals surface area contributed by atoms with Gasteiger partial charge in [-0.1, -0.05) is 23.2 Å². The number of nitrogens with zero attached hydrogens (tertiary/aromatic N) is 5. The summed E-state index contributed by atoms with van der Waals surface area (Å²) in [5.74, 6) is 1.58. The number of H-pyrrole nitrogens is 1. The molecule has 198 valence electrons. The molecule has 4 aromatic rings. The number of rotatable bonds is 6. The summed E-state index contributed by atoms with van der Waals surface area (Å²) in [5, 5.41) is 9.46. The Bertz CT molecular complexity index is 1640. The molecule has 5 heterocycles. The maximum atomic E-state index is 11.7. The second kappa shape index (κ2) is 9.08. The minimum Gasteiger partial charge on any atom is -0.486 e. The van der Waals surface area contributed by atoms with Gasteiger partial charge in [0.15, 0.2) is 0 Å². The van der Waals surface area contributed by atoms with Crippen molar-refractivity contribution < 1.29 is 13.2 Å². The summed E-state index contributed by atoms with van der Waals surface area (Å²) in [4.78, 5) is 11.0. The monoisotopic (exact) mass is 572 g/mol. The van der Waals surface area contributed by atoms with Crippen LogP contribution in [0.1, 0.15) is 24.2 Å². The highest BCUT2D eigenvalue weighted by molar-refractivity contribution is 7.88. The fourth-order valence-electron chi connectivity index (χ4n) is 5.44. The van der Waals surface area contributed by atoms with Crippen LogP contribution in [0.5, 0.6) is 5.75 Å². The van der Waals surface area contributed by atoms with Crippen LogP contribution in [0, 0.1) is 12.3 Å². The number of nitrogens with one attached hydrogen (secondary N) is 1. The fraction of sp³-hybridized carbons (Fsp3) is 0.346. The van der Waals surface area contributed by atoms with E-state index in [1.165, 1.54) is 10.6 Å². The van der Waals surface area contributed by atoms with E-state index in [1.807, 2.05) is 38.2 Å². The molecule has 0 unspecified atom stereocenters. The molecule has 6 rings (SSSR count). The summed E-state index contributed by atoms with van der Waals surface area (Å²) in [6.45, 7) is 6.71. The smallest absolute Gasteiger partial charge is 0.211 e. The summed E-state index contributed by atoms with van der Waals surface area (Å²) >= 11 is 12.6. The van der Waals surface area contributed by atoms with Gasteiger partial charge < -0.3 is 9.64 Å². The Hall–Kier alpha value is -2.92. The van der Waals surface area contributed by atoms with Crippen molar-refractivity contribution in [3.63, 3.8) is 0 Å². The summed E-state index contributed by atoms with van der Waals surface area (Å²) in [7, 11) is -3.11. The van der Waals surface area contributed by atoms with E-state index in [1.54, 1.807) is 12.4 Å². The van der Waals surface area contributed by atoms with E-state index in [9.17, 15) is 8.42 Å². The lowest BCUT2D eigenvalue weighted by Crippen LogP contribution is -2.73. The molecule has 0 bridgehead atoms. The number of hydrogen-bond donors (Lipinski definition) is 1. The normalized spacial score (nSPS) is 17.9. The highest BCUT2D eigenvalue weighted by atomic mass is 35.5. The van der Waals surface area contributed by atoms with Gasteiger partial charge in [-0.05, 0) is 43.7 Å². The summed E-state index contributed by atoms with van der Waals surface area (Å²) < 4.78 is 31.2. The van der Waals surface area contributed by atoms with Crippen molar-refractivity contribution in [1.82, 2.24) is 24.5 Å². The molecule has 0 saturated carbocycles. The number of hydrogen-bond acceptors (Lipinski definition) is 7. The van der Waals surface area contributed by atoms with E-state index in [2.05, 4.69) is 26.1 Å². The fourth-order valence-corrected chi connectivity index (χ4v) is 7.13. The van der Waals surface area contributed by atoms with Crippen LogP contribution in [-0.2, 0) is 10.0 Å². The van der Waals surface area contributed by atoms with Crippen LogP contribution >= 0.6 is 23.2 Å².